The zero-order valence-corrected chi connectivity index (χ0v) is 13.2. The lowest BCUT2D eigenvalue weighted by atomic mass is 10.3. The number of anilines is 2. The zero-order valence-electron chi connectivity index (χ0n) is 9.47. The lowest BCUT2D eigenvalue weighted by molar-refractivity contribution is 0.601. The average Bonchev–Trinajstić information content (AvgIpc) is 2.35. The maximum absolute atomic E-state index is 12.2. The summed E-state index contributed by atoms with van der Waals surface area (Å²) >= 11 is 7.82. The molecule has 0 saturated heterocycles. The predicted octanol–water partition coefficient (Wildman–Crippen LogP) is 2.72. The number of nitrogens with two attached hydrogens (primary N) is 1. The number of rotatable bonds is 3. The number of nitrogens with one attached hydrogen (secondary N) is 1. The summed E-state index contributed by atoms with van der Waals surface area (Å²) in [6.45, 7) is 0. The van der Waals surface area contributed by atoms with Gasteiger partial charge in [-0.2, -0.15) is 0 Å². The van der Waals surface area contributed by atoms with Gasteiger partial charge in [0.05, 0.1) is 10.7 Å². The maximum atomic E-state index is 12.2. The number of aromatic nitrogens is 1. The number of nitrogens with zero attached hydrogens (tertiary/aromatic N) is 1. The van der Waals surface area contributed by atoms with Crippen molar-refractivity contribution in [2.75, 3.05) is 10.5 Å². The molecular weight excluding hydrogens is 401 g/mol. The molecule has 0 fully saturated rings. The molecule has 0 atom stereocenters. The van der Waals surface area contributed by atoms with Crippen molar-refractivity contribution in [3.05, 3.63) is 45.1 Å². The molecule has 2 aromatic rings. The summed E-state index contributed by atoms with van der Waals surface area (Å²) in [5.41, 5.74) is 5.95. The van der Waals surface area contributed by atoms with Gasteiger partial charge in [-0.25, -0.2) is 13.4 Å². The Hall–Kier alpha value is -1.06. The number of hydrogen-bond donors (Lipinski definition) is 2. The second kappa shape index (κ2) is 5.51. The van der Waals surface area contributed by atoms with Crippen LogP contribution < -0.4 is 10.5 Å². The number of halogens is 2. The van der Waals surface area contributed by atoms with Gasteiger partial charge in [-0.05, 0) is 40.8 Å². The fourth-order valence-corrected chi connectivity index (χ4v) is 3.31. The summed E-state index contributed by atoms with van der Waals surface area (Å²) in [5, 5.41) is 0.102. The van der Waals surface area contributed by atoms with Gasteiger partial charge in [0.2, 0.25) is 0 Å². The summed E-state index contributed by atoms with van der Waals surface area (Å²) in [6.07, 6.45) is 1.17. The van der Waals surface area contributed by atoms with Crippen LogP contribution >= 0.6 is 34.2 Å². The third-order valence-corrected chi connectivity index (χ3v) is 4.85. The lowest BCUT2D eigenvalue weighted by Gasteiger charge is -2.10. The van der Waals surface area contributed by atoms with Crippen LogP contribution in [0.5, 0.6) is 0 Å². The average molecular weight is 410 g/mol. The minimum Gasteiger partial charge on any atom is -0.382 e. The Balaban J connectivity index is 2.38. The van der Waals surface area contributed by atoms with Gasteiger partial charge in [-0.3, -0.25) is 4.72 Å². The van der Waals surface area contributed by atoms with Crippen LogP contribution in [-0.2, 0) is 10.0 Å². The van der Waals surface area contributed by atoms with Crippen molar-refractivity contribution >= 4 is 55.7 Å². The highest BCUT2D eigenvalue weighted by atomic mass is 127. The van der Waals surface area contributed by atoms with Crippen molar-refractivity contribution in [1.82, 2.24) is 4.98 Å². The van der Waals surface area contributed by atoms with E-state index in [0.29, 0.717) is 5.69 Å². The van der Waals surface area contributed by atoms with E-state index < -0.39 is 10.0 Å². The molecule has 0 amide bonds. The normalized spacial score (nSPS) is 11.3. The van der Waals surface area contributed by atoms with Gasteiger partial charge in [0, 0.05) is 9.77 Å². The quantitative estimate of drug-likeness (QED) is 0.763. The van der Waals surface area contributed by atoms with Gasteiger partial charge in [0.25, 0.3) is 10.0 Å². The molecule has 1 aromatic heterocycles. The van der Waals surface area contributed by atoms with E-state index in [1.165, 1.54) is 12.3 Å². The Labute approximate surface area is 129 Å². The van der Waals surface area contributed by atoms with E-state index in [4.69, 9.17) is 17.3 Å². The van der Waals surface area contributed by atoms with Crippen LogP contribution in [0.25, 0.3) is 0 Å². The SMILES string of the molecule is Nc1ncc(S(=O)(=O)Nc2ccccc2I)cc1Cl. The summed E-state index contributed by atoms with van der Waals surface area (Å²) in [5.74, 6) is 0.0925. The van der Waals surface area contributed by atoms with Crippen LogP contribution in [-0.4, -0.2) is 13.4 Å². The first-order valence-electron chi connectivity index (χ1n) is 5.08. The lowest BCUT2D eigenvalue weighted by Crippen LogP contribution is -2.14. The molecule has 5 nitrogen and oxygen atoms in total. The first-order chi connectivity index (χ1) is 8.90. The fourth-order valence-electron chi connectivity index (χ4n) is 1.33. The molecule has 1 aromatic carbocycles. The van der Waals surface area contributed by atoms with E-state index in [0.717, 1.165) is 3.57 Å². The van der Waals surface area contributed by atoms with E-state index in [1.54, 1.807) is 18.2 Å². The van der Waals surface area contributed by atoms with Crippen LogP contribution in [0.4, 0.5) is 11.5 Å². The summed E-state index contributed by atoms with van der Waals surface area (Å²) < 4.78 is 27.6. The Morgan fingerprint density at radius 1 is 1.32 bits per heavy atom. The summed E-state index contributed by atoms with van der Waals surface area (Å²) in [4.78, 5) is 3.70. The summed E-state index contributed by atoms with van der Waals surface area (Å²) in [7, 11) is -3.73. The first-order valence-corrected chi connectivity index (χ1v) is 8.02. The van der Waals surface area contributed by atoms with Crippen molar-refractivity contribution in [3.63, 3.8) is 0 Å². The minimum absolute atomic E-state index is 0.0358. The third-order valence-electron chi connectivity index (χ3n) is 2.27. The highest BCUT2D eigenvalue weighted by Crippen LogP contribution is 2.24. The van der Waals surface area contributed by atoms with E-state index in [1.807, 2.05) is 28.7 Å². The van der Waals surface area contributed by atoms with Crippen LogP contribution in [0.1, 0.15) is 0 Å². The number of sulfonamides is 1. The minimum atomic E-state index is -3.73. The molecule has 1 heterocycles. The molecule has 100 valence electrons. The van der Waals surface area contributed by atoms with Crippen LogP contribution in [0, 0.1) is 3.57 Å². The maximum Gasteiger partial charge on any atom is 0.263 e. The molecule has 0 aliphatic carbocycles. The van der Waals surface area contributed by atoms with Gasteiger partial charge in [-0.15, -0.1) is 0 Å². The van der Waals surface area contributed by atoms with Crippen molar-refractivity contribution in [1.29, 1.82) is 0 Å². The van der Waals surface area contributed by atoms with Gasteiger partial charge in [0.15, 0.2) is 0 Å². The number of nitrogen functional groups attached to an aromatic ring is 1. The molecule has 0 aliphatic heterocycles. The molecule has 0 aliphatic rings. The molecule has 19 heavy (non-hydrogen) atoms. The smallest absolute Gasteiger partial charge is 0.263 e. The largest absolute Gasteiger partial charge is 0.382 e. The molecule has 3 N–H and O–H groups in total. The van der Waals surface area contributed by atoms with Gasteiger partial charge >= 0.3 is 0 Å². The van der Waals surface area contributed by atoms with E-state index in [-0.39, 0.29) is 15.7 Å². The molecule has 8 heteroatoms. The molecule has 0 unspecified atom stereocenters. The Kier molecular flexibility index (Phi) is 4.16. The third kappa shape index (κ3) is 3.28. The Morgan fingerprint density at radius 2 is 2.00 bits per heavy atom. The van der Waals surface area contributed by atoms with Crippen LogP contribution in [0.3, 0.4) is 0 Å². The van der Waals surface area contributed by atoms with Crippen molar-refractivity contribution in [2.45, 2.75) is 4.90 Å². The number of para-hydroxylation sites is 1. The van der Waals surface area contributed by atoms with Gasteiger partial charge in [0.1, 0.15) is 10.7 Å². The molecule has 0 radical (unpaired) electrons. The molecule has 0 saturated carbocycles. The zero-order chi connectivity index (χ0) is 14.0. The topological polar surface area (TPSA) is 85.1 Å². The van der Waals surface area contributed by atoms with E-state index in [9.17, 15) is 8.42 Å². The highest BCUT2D eigenvalue weighted by molar-refractivity contribution is 14.1. The first kappa shape index (κ1) is 14.4. The monoisotopic (exact) mass is 409 g/mol. The number of hydrogen-bond acceptors (Lipinski definition) is 4. The molecular formula is C11H9ClIN3O2S. The summed E-state index contributed by atoms with van der Waals surface area (Å²) in [6, 6.07) is 8.30. The molecule has 2 rings (SSSR count). The van der Waals surface area contributed by atoms with Crippen molar-refractivity contribution < 1.29 is 8.42 Å². The van der Waals surface area contributed by atoms with E-state index >= 15 is 0 Å². The van der Waals surface area contributed by atoms with Crippen molar-refractivity contribution in [3.8, 4) is 0 Å². The molecule has 0 spiro atoms. The standard InChI is InChI=1S/C11H9ClIN3O2S/c12-8-5-7(6-15-11(8)14)19(17,18)16-10-4-2-1-3-9(10)13/h1-6,16H,(H2,14,15). The van der Waals surface area contributed by atoms with Gasteiger partial charge in [-0.1, -0.05) is 23.7 Å². The van der Waals surface area contributed by atoms with E-state index in [2.05, 4.69) is 9.71 Å². The Morgan fingerprint density at radius 3 is 2.63 bits per heavy atom. The second-order valence-corrected chi connectivity index (χ2v) is 6.88. The second-order valence-electron chi connectivity index (χ2n) is 3.62. The van der Waals surface area contributed by atoms with Crippen LogP contribution in [0.15, 0.2) is 41.4 Å². The molecule has 0 bridgehead atoms. The Bertz CT molecular complexity index is 722. The van der Waals surface area contributed by atoms with Crippen LogP contribution in [0.2, 0.25) is 5.02 Å². The van der Waals surface area contributed by atoms with Crippen molar-refractivity contribution in [2.24, 2.45) is 0 Å². The predicted molar refractivity (Wildman–Crippen MR) is 83.6 cm³/mol. The highest BCUT2D eigenvalue weighted by Gasteiger charge is 2.17. The fraction of sp³-hybridized carbons (Fsp3) is 0. The number of pyridine rings is 1. The number of benzene rings is 1. The van der Waals surface area contributed by atoms with Gasteiger partial charge < -0.3 is 5.73 Å².